The van der Waals surface area contributed by atoms with Crippen molar-refractivity contribution >= 4 is 33.4 Å². The largest absolute Gasteiger partial charge is 0.492 e. The molecule has 0 bridgehead atoms. The molecule has 2 aromatic carbocycles. The normalized spacial score (nSPS) is 10.2. The number of ether oxygens (including phenoxy) is 1. The average molecular weight is 391 g/mol. The van der Waals surface area contributed by atoms with Crippen LogP contribution in [0.25, 0.3) is 0 Å². The van der Waals surface area contributed by atoms with Crippen LogP contribution in [0.2, 0.25) is 0 Å². The molecular formula is C18H19BrN2O3. The lowest BCUT2D eigenvalue weighted by molar-refractivity contribution is -0.116. The number of carbonyl (C=O) groups excluding carboxylic acids is 2. The van der Waals surface area contributed by atoms with Crippen LogP contribution in [0.15, 0.2) is 46.9 Å². The number of halogens is 1. The number of hydrogen-bond acceptors (Lipinski definition) is 3. The van der Waals surface area contributed by atoms with E-state index in [9.17, 15) is 9.59 Å². The summed E-state index contributed by atoms with van der Waals surface area (Å²) in [6.45, 7) is 2.20. The number of amides is 2. The minimum atomic E-state index is -0.555. The summed E-state index contributed by atoms with van der Waals surface area (Å²) < 4.78 is 6.49. The molecule has 0 saturated carbocycles. The molecule has 0 fully saturated rings. The number of hydrogen-bond donors (Lipinski definition) is 2. The van der Waals surface area contributed by atoms with Crippen molar-refractivity contribution in [3.8, 4) is 5.75 Å². The lowest BCUT2D eigenvalue weighted by atomic mass is 10.1. The molecule has 0 aromatic heterocycles. The van der Waals surface area contributed by atoms with Crippen molar-refractivity contribution in [2.24, 2.45) is 5.73 Å². The summed E-state index contributed by atoms with van der Waals surface area (Å²) in [6, 6.07) is 12.8. The fourth-order valence-corrected chi connectivity index (χ4v) is 2.69. The van der Waals surface area contributed by atoms with Crippen LogP contribution < -0.4 is 15.8 Å². The number of para-hydroxylation sites is 1. The van der Waals surface area contributed by atoms with Crippen LogP contribution in [0.5, 0.6) is 5.75 Å². The molecular weight excluding hydrogens is 372 g/mol. The van der Waals surface area contributed by atoms with Crippen LogP contribution in [-0.2, 0) is 4.79 Å². The molecule has 0 aliphatic carbocycles. The van der Waals surface area contributed by atoms with Crippen LogP contribution in [0, 0.1) is 6.92 Å². The first-order valence-corrected chi connectivity index (χ1v) is 8.35. The number of anilines is 1. The van der Waals surface area contributed by atoms with Gasteiger partial charge in [-0.1, -0.05) is 24.3 Å². The molecule has 5 nitrogen and oxygen atoms in total. The Balaban J connectivity index is 1.85. The van der Waals surface area contributed by atoms with Gasteiger partial charge in [-0.25, -0.2) is 0 Å². The van der Waals surface area contributed by atoms with E-state index in [1.807, 2.05) is 24.3 Å². The van der Waals surface area contributed by atoms with Gasteiger partial charge in [-0.05, 0) is 53.0 Å². The van der Waals surface area contributed by atoms with E-state index < -0.39 is 5.91 Å². The van der Waals surface area contributed by atoms with E-state index in [2.05, 4.69) is 21.2 Å². The number of primary amides is 1. The summed E-state index contributed by atoms with van der Waals surface area (Å²) in [7, 11) is 0. The monoisotopic (exact) mass is 390 g/mol. The standard InChI is InChI=1S/C18H19BrN2O3/c1-12-6-4-8-14(17(12)18(20)23)21-16(22)10-5-11-24-15-9-3-2-7-13(15)19/h2-4,6-9H,5,10-11H2,1H3,(H2,20,23)(H,21,22). The number of rotatable bonds is 7. The Morgan fingerprint density at radius 3 is 2.62 bits per heavy atom. The van der Waals surface area contributed by atoms with E-state index in [1.165, 1.54) is 0 Å². The maximum absolute atomic E-state index is 12.0. The van der Waals surface area contributed by atoms with Gasteiger partial charge >= 0.3 is 0 Å². The number of aryl methyl sites for hydroxylation is 1. The van der Waals surface area contributed by atoms with Gasteiger partial charge in [0.2, 0.25) is 5.91 Å². The molecule has 0 atom stereocenters. The van der Waals surface area contributed by atoms with Crippen molar-refractivity contribution in [3.05, 3.63) is 58.1 Å². The molecule has 2 amide bonds. The molecule has 24 heavy (non-hydrogen) atoms. The van der Waals surface area contributed by atoms with Crippen molar-refractivity contribution in [2.45, 2.75) is 19.8 Å². The minimum absolute atomic E-state index is 0.182. The van der Waals surface area contributed by atoms with Crippen LogP contribution in [0.1, 0.15) is 28.8 Å². The predicted octanol–water partition coefficient (Wildman–Crippen LogP) is 3.65. The zero-order valence-corrected chi connectivity index (χ0v) is 14.9. The Morgan fingerprint density at radius 2 is 1.92 bits per heavy atom. The molecule has 0 radical (unpaired) electrons. The quantitative estimate of drug-likeness (QED) is 0.707. The first-order valence-electron chi connectivity index (χ1n) is 7.55. The molecule has 0 saturated heterocycles. The average Bonchev–Trinajstić information content (AvgIpc) is 2.53. The second-order valence-electron chi connectivity index (χ2n) is 5.29. The molecule has 3 N–H and O–H groups in total. The molecule has 0 spiro atoms. The van der Waals surface area contributed by atoms with Gasteiger partial charge < -0.3 is 15.8 Å². The van der Waals surface area contributed by atoms with Gasteiger partial charge in [-0.3, -0.25) is 9.59 Å². The van der Waals surface area contributed by atoms with E-state index in [4.69, 9.17) is 10.5 Å². The third-order valence-electron chi connectivity index (χ3n) is 3.44. The van der Waals surface area contributed by atoms with Crippen LogP contribution in [0.3, 0.4) is 0 Å². The van der Waals surface area contributed by atoms with Gasteiger partial charge in [0.1, 0.15) is 5.75 Å². The summed E-state index contributed by atoms with van der Waals surface area (Å²) in [6.07, 6.45) is 0.849. The first-order chi connectivity index (χ1) is 11.5. The summed E-state index contributed by atoms with van der Waals surface area (Å²) in [4.78, 5) is 23.6. The highest BCUT2D eigenvalue weighted by Gasteiger charge is 2.13. The molecule has 2 aromatic rings. The first kappa shape index (κ1) is 18.0. The molecule has 0 aliphatic rings. The fourth-order valence-electron chi connectivity index (χ4n) is 2.29. The predicted molar refractivity (Wildman–Crippen MR) is 97.2 cm³/mol. The Hall–Kier alpha value is -2.34. The molecule has 126 valence electrons. The molecule has 0 aliphatic heterocycles. The van der Waals surface area contributed by atoms with Gasteiger partial charge in [0.15, 0.2) is 0 Å². The summed E-state index contributed by atoms with van der Waals surface area (Å²) in [5.74, 6) is 0.00657. The topological polar surface area (TPSA) is 81.4 Å². The Labute approximate surface area is 149 Å². The number of nitrogens with one attached hydrogen (secondary N) is 1. The Bertz CT molecular complexity index is 747. The van der Waals surface area contributed by atoms with Crippen LogP contribution in [0.4, 0.5) is 5.69 Å². The molecule has 0 heterocycles. The van der Waals surface area contributed by atoms with E-state index in [1.54, 1.807) is 25.1 Å². The zero-order valence-electron chi connectivity index (χ0n) is 13.3. The summed E-state index contributed by atoms with van der Waals surface area (Å²) in [5.41, 5.74) is 6.90. The summed E-state index contributed by atoms with van der Waals surface area (Å²) in [5, 5.41) is 2.74. The van der Waals surface area contributed by atoms with Crippen LogP contribution in [-0.4, -0.2) is 18.4 Å². The second kappa shape index (κ2) is 8.49. The van der Waals surface area contributed by atoms with Gasteiger partial charge in [-0.15, -0.1) is 0 Å². The molecule has 6 heteroatoms. The van der Waals surface area contributed by atoms with E-state index in [0.29, 0.717) is 24.3 Å². The van der Waals surface area contributed by atoms with Gasteiger partial charge in [-0.2, -0.15) is 0 Å². The summed E-state index contributed by atoms with van der Waals surface area (Å²) >= 11 is 3.40. The molecule has 0 unspecified atom stereocenters. The Kier molecular flexibility index (Phi) is 6.37. The molecule has 2 rings (SSSR count). The fraction of sp³-hybridized carbons (Fsp3) is 0.222. The van der Waals surface area contributed by atoms with E-state index in [0.717, 1.165) is 15.8 Å². The SMILES string of the molecule is Cc1cccc(NC(=O)CCCOc2ccccc2Br)c1C(N)=O. The second-order valence-corrected chi connectivity index (χ2v) is 6.15. The third-order valence-corrected chi connectivity index (χ3v) is 4.09. The maximum Gasteiger partial charge on any atom is 0.251 e. The van der Waals surface area contributed by atoms with Gasteiger partial charge in [0, 0.05) is 6.42 Å². The number of benzene rings is 2. The van der Waals surface area contributed by atoms with E-state index >= 15 is 0 Å². The zero-order chi connectivity index (χ0) is 17.5. The Morgan fingerprint density at radius 1 is 1.17 bits per heavy atom. The highest BCUT2D eigenvalue weighted by atomic mass is 79.9. The van der Waals surface area contributed by atoms with Crippen molar-refractivity contribution < 1.29 is 14.3 Å². The van der Waals surface area contributed by atoms with Gasteiger partial charge in [0.25, 0.3) is 5.91 Å². The third kappa shape index (κ3) is 4.83. The smallest absolute Gasteiger partial charge is 0.251 e. The minimum Gasteiger partial charge on any atom is -0.492 e. The lowest BCUT2D eigenvalue weighted by Crippen LogP contribution is -2.19. The highest BCUT2D eigenvalue weighted by molar-refractivity contribution is 9.10. The highest BCUT2D eigenvalue weighted by Crippen LogP contribution is 2.24. The van der Waals surface area contributed by atoms with Crippen LogP contribution >= 0.6 is 15.9 Å². The lowest BCUT2D eigenvalue weighted by Gasteiger charge is -2.11. The number of nitrogens with two attached hydrogens (primary N) is 1. The van der Waals surface area contributed by atoms with Crippen molar-refractivity contribution in [1.82, 2.24) is 0 Å². The van der Waals surface area contributed by atoms with Gasteiger partial charge in [0.05, 0.1) is 22.3 Å². The maximum atomic E-state index is 12.0. The number of carbonyl (C=O) groups is 2. The van der Waals surface area contributed by atoms with E-state index in [-0.39, 0.29) is 12.3 Å². The van der Waals surface area contributed by atoms with Crippen molar-refractivity contribution in [1.29, 1.82) is 0 Å². The van der Waals surface area contributed by atoms with Crippen molar-refractivity contribution in [3.63, 3.8) is 0 Å². The van der Waals surface area contributed by atoms with Crippen molar-refractivity contribution in [2.75, 3.05) is 11.9 Å².